The minimum atomic E-state index is -0.442. The number of nitrogens with one attached hydrogen (secondary N) is 1. The molecule has 0 unspecified atom stereocenters. The fourth-order valence-electron chi connectivity index (χ4n) is 3.94. The summed E-state index contributed by atoms with van der Waals surface area (Å²) in [5.74, 6) is -0.295. The lowest BCUT2D eigenvalue weighted by Gasteiger charge is -2.16. The number of unbranched alkanes of at least 4 members (excludes halogenated alkanes) is 2. The Bertz CT molecular complexity index is 1180. The molecule has 0 aliphatic heterocycles. The van der Waals surface area contributed by atoms with Crippen LogP contribution in [0.15, 0.2) is 46.0 Å². The maximum Gasteiger partial charge on any atom is 0.331 e. The second-order valence-electron chi connectivity index (χ2n) is 7.87. The summed E-state index contributed by atoms with van der Waals surface area (Å²) >= 11 is 0. The van der Waals surface area contributed by atoms with Gasteiger partial charge in [-0.2, -0.15) is 0 Å². The average molecular weight is 408 g/mol. The van der Waals surface area contributed by atoms with Crippen LogP contribution in [0, 0.1) is 20.8 Å². The molecule has 0 saturated carbocycles. The van der Waals surface area contributed by atoms with Crippen molar-refractivity contribution in [1.29, 1.82) is 0 Å². The molecule has 3 aromatic rings. The lowest BCUT2D eigenvalue weighted by atomic mass is 10.1. The summed E-state index contributed by atoms with van der Waals surface area (Å²) in [7, 11) is 0. The van der Waals surface area contributed by atoms with Gasteiger partial charge in [0.15, 0.2) is 0 Å². The van der Waals surface area contributed by atoms with E-state index in [4.69, 9.17) is 0 Å². The third kappa shape index (κ3) is 4.37. The highest BCUT2D eigenvalue weighted by Crippen LogP contribution is 2.22. The number of carbonyl (C=O) groups is 1. The van der Waals surface area contributed by atoms with E-state index in [-0.39, 0.29) is 18.0 Å². The number of anilines is 1. The number of amides is 1. The number of aromatic nitrogens is 2. The largest absolute Gasteiger partial charge is 0.331 e. The van der Waals surface area contributed by atoms with Gasteiger partial charge in [0.25, 0.3) is 5.56 Å². The van der Waals surface area contributed by atoms with Gasteiger partial charge in [0.05, 0.1) is 10.9 Å². The Hall–Kier alpha value is -3.15. The molecule has 0 fully saturated rings. The van der Waals surface area contributed by atoms with Crippen LogP contribution in [0.4, 0.5) is 5.69 Å². The van der Waals surface area contributed by atoms with E-state index in [2.05, 4.69) is 12.2 Å². The minimum absolute atomic E-state index is 0.153. The maximum atomic E-state index is 13.1. The van der Waals surface area contributed by atoms with Crippen LogP contribution in [0.25, 0.3) is 10.9 Å². The maximum absolute atomic E-state index is 13.1. The van der Waals surface area contributed by atoms with Gasteiger partial charge in [-0.3, -0.25) is 18.7 Å². The zero-order valence-corrected chi connectivity index (χ0v) is 18.1. The number of aryl methyl sites for hydroxylation is 3. The van der Waals surface area contributed by atoms with Crippen molar-refractivity contribution in [3.63, 3.8) is 0 Å². The van der Waals surface area contributed by atoms with Crippen molar-refractivity contribution < 1.29 is 4.79 Å². The highest BCUT2D eigenvalue weighted by atomic mass is 16.2. The van der Waals surface area contributed by atoms with Crippen molar-refractivity contribution in [3.05, 3.63) is 73.9 Å². The number of rotatable bonds is 7. The van der Waals surface area contributed by atoms with Crippen molar-refractivity contribution in [1.82, 2.24) is 9.13 Å². The first-order chi connectivity index (χ1) is 14.3. The first-order valence-electron chi connectivity index (χ1n) is 10.4. The van der Waals surface area contributed by atoms with Gasteiger partial charge in [-0.05, 0) is 50.5 Å². The van der Waals surface area contributed by atoms with Gasteiger partial charge in [-0.1, -0.05) is 49.6 Å². The lowest BCUT2D eigenvalue weighted by molar-refractivity contribution is -0.116. The summed E-state index contributed by atoms with van der Waals surface area (Å²) in [6, 6.07) is 11.0. The predicted octanol–water partition coefficient (Wildman–Crippen LogP) is 3.92. The minimum Gasteiger partial charge on any atom is -0.324 e. The van der Waals surface area contributed by atoms with Crippen LogP contribution in [0.2, 0.25) is 0 Å². The van der Waals surface area contributed by atoms with Crippen LogP contribution >= 0.6 is 0 Å². The molecule has 30 heavy (non-hydrogen) atoms. The van der Waals surface area contributed by atoms with Crippen LogP contribution in [0.5, 0.6) is 0 Å². The number of fused-ring (bicyclic) bond motifs is 1. The van der Waals surface area contributed by atoms with E-state index in [1.807, 2.05) is 32.9 Å². The van der Waals surface area contributed by atoms with Crippen molar-refractivity contribution in [2.75, 3.05) is 5.32 Å². The third-order valence-electron chi connectivity index (χ3n) is 5.36. The molecule has 0 aliphatic carbocycles. The number of para-hydroxylation sites is 1. The van der Waals surface area contributed by atoms with Gasteiger partial charge in [-0.15, -0.1) is 0 Å². The number of hydrogen-bond acceptors (Lipinski definition) is 3. The Morgan fingerprint density at radius 1 is 0.967 bits per heavy atom. The molecule has 0 spiro atoms. The van der Waals surface area contributed by atoms with Crippen LogP contribution < -0.4 is 16.6 Å². The summed E-state index contributed by atoms with van der Waals surface area (Å²) in [6.45, 7) is 8.18. The standard InChI is InChI=1S/C24H29N3O3/c1-5-6-9-12-26-23(29)19-10-7-8-11-20(19)27(24(26)30)15-21(28)25-22-17(3)13-16(2)14-18(22)4/h7-8,10-11,13-14H,5-6,9,12,15H2,1-4H3,(H,25,28). The molecule has 0 radical (unpaired) electrons. The Morgan fingerprint density at radius 3 is 2.30 bits per heavy atom. The molecule has 0 atom stereocenters. The SMILES string of the molecule is CCCCCn1c(=O)c2ccccc2n(CC(=O)Nc2c(C)cc(C)cc2C)c1=O. The lowest BCUT2D eigenvalue weighted by Crippen LogP contribution is -2.41. The molecular formula is C24H29N3O3. The van der Waals surface area contributed by atoms with Crippen LogP contribution in [0.3, 0.4) is 0 Å². The highest BCUT2D eigenvalue weighted by molar-refractivity contribution is 5.93. The molecule has 1 N–H and O–H groups in total. The number of carbonyl (C=O) groups excluding carboxylic acids is 1. The number of hydrogen-bond donors (Lipinski definition) is 1. The highest BCUT2D eigenvalue weighted by Gasteiger charge is 2.16. The molecule has 6 nitrogen and oxygen atoms in total. The Labute approximate surface area is 176 Å². The van der Waals surface area contributed by atoms with Crippen LogP contribution in [-0.4, -0.2) is 15.0 Å². The average Bonchev–Trinajstić information content (AvgIpc) is 2.70. The first-order valence-corrected chi connectivity index (χ1v) is 10.4. The zero-order chi connectivity index (χ0) is 21.8. The molecule has 0 bridgehead atoms. The third-order valence-corrected chi connectivity index (χ3v) is 5.36. The van der Waals surface area contributed by atoms with E-state index in [9.17, 15) is 14.4 Å². The summed E-state index contributed by atoms with van der Waals surface area (Å²) in [5, 5.41) is 3.39. The summed E-state index contributed by atoms with van der Waals surface area (Å²) in [4.78, 5) is 38.8. The van der Waals surface area contributed by atoms with Gasteiger partial charge in [0.1, 0.15) is 6.54 Å². The summed E-state index contributed by atoms with van der Waals surface area (Å²) < 4.78 is 2.66. The van der Waals surface area contributed by atoms with Crippen molar-refractivity contribution in [2.45, 2.75) is 60.0 Å². The van der Waals surface area contributed by atoms with Crippen LogP contribution in [0.1, 0.15) is 42.9 Å². The fourth-order valence-corrected chi connectivity index (χ4v) is 3.94. The molecule has 1 heterocycles. The van der Waals surface area contributed by atoms with Crippen molar-refractivity contribution in [3.8, 4) is 0 Å². The van der Waals surface area contributed by atoms with E-state index in [0.29, 0.717) is 17.4 Å². The molecule has 3 rings (SSSR count). The number of benzene rings is 2. The summed E-state index contributed by atoms with van der Waals surface area (Å²) in [5.41, 5.74) is 3.58. The topological polar surface area (TPSA) is 73.1 Å². The van der Waals surface area contributed by atoms with Gasteiger partial charge < -0.3 is 5.32 Å². The van der Waals surface area contributed by atoms with E-state index in [1.165, 1.54) is 9.13 Å². The molecule has 0 aliphatic rings. The molecule has 158 valence electrons. The van der Waals surface area contributed by atoms with Crippen molar-refractivity contribution in [2.24, 2.45) is 0 Å². The van der Waals surface area contributed by atoms with Gasteiger partial charge >= 0.3 is 5.69 Å². The van der Waals surface area contributed by atoms with Gasteiger partial charge in [0, 0.05) is 12.2 Å². The molecule has 1 amide bonds. The van der Waals surface area contributed by atoms with Gasteiger partial charge in [-0.25, -0.2) is 4.79 Å². The normalized spacial score (nSPS) is 11.1. The summed E-state index contributed by atoms with van der Waals surface area (Å²) in [6.07, 6.45) is 2.68. The molecule has 1 aromatic heterocycles. The molecule has 0 saturated heterocycles. The zero-order valence-electron chi connectivity index (χ0n) is 18.1. The smallest absolute Gasteiger partial charge is 0.324 e. The monoisotopic (exact) mass is 407 g/mol. The molecule has 6 heteroatoms. The van der Waals surface area contributed by atoms with E-state index >= 15 is 0 Å². The van der Waals surface area contributed by atoms with E-state index < -0.39 is 5.69 Å². The quantitative estimate of drug-likeness (QED) is 0.604. The Kier molecular flexibility index (Phi) is 6.55. The fraction of sp³-hybridized carbons (Fsp3) is 0.375. The van der Waals surface area contributed by atoms with E-state index in [1.54, 1.807) is 24.3 Å². The first kappa shape index (κ1) is 21.6. The van der Waals surface area contributed by atoms with Crippen LogP contribution in [-0.2, 0) is 17.9 Å². The number of nitrogens with zero attached hydrogens (tertiary/aromatic N) is 2. The second-order valence-corrected chi connectivity index (χ2v) is 7.87. The van der Waals surface area contributed by atoms with E-state index in [0.717, 1.165) is 41.6 Å². The Balaban J connectivity index is 2.00. The Morgan fingerprint density at radius 2 is 1.63 bits per heavy atom. The van der Waals surface area contributed by atoms with Crippen molar-refractivity contribution >= 4 is 22.5 Å². The molecular weight excluding hydrogens is 378 g/mol. The second kappa shape index (κ2) is 9.11. The molecule has 2 aromatic carbocycles. The van der Waals surface area contributed by atoms with Gasteiger partial charge in [0.2, 0.25) is 5.91 Å². The predicted molar refractivity (Wildman–Crippen MR) is 121 cm³/mol.